The highest BCUT2D eigenvalue weighted by molar-refractivity contribution is 6.13. The molecule has 0 amide bonds. The predicted octanol–water partition coefficient (Wildman–Crippen LogP) is 12.0. The molecule has 9 rings (SSSR count). The van der Waals surface area contributed by atoms with Gasteiger partial charge >= 0.3 is 0 Å². The lowest BCUT2D eigenvalue weighted by Crippen LogP contribution is -2.24. The van der Waals surface area contributed by atoms with Gasteiger partial charge in [0.2, 0.25) is 0 Å². The van der Waals surface area contributed by atoms with Crippen LogP contribution >= 0.6 is 0 Å². The Balaban J connectivity index is 1.15. The van der Waals surface area contributed by atoms with E-state index in [1.165, 1.54) is 21.9 Å². The number of pyridine rings is 1. The Kier molecular flexibility index (Phi) is 6.82. The smallest absolute Gasteiger partial charge is 0.160 e. The topological polar surface area (TPSA) is 46.7 Å². The first-order chi connectivity index (χ1) is 24.4. The van der Waals surface area contributed by atoms with Crippen LogP contribution in [0.4, 0.5) is 17.1 Å². The molecule has 0 N–H and O–H groups in total. The zero-order chi connectivity index (χ0) is 35.2. The Morgan fingerprint density at radius 3 is 2.18 bits per heavy atom. The second kappa shape index (κ2) is 11.1. The lowest BCUT2D eigenvalue weighted by molar-refractivity contribution is 0.479. The van der Waals surface area contributed by atoms with Crippen molar-refractivity contribution in [1.82, 2.24) is 9.55 Å². The molecule has 254 valence electrons. The highest BCUT2D eigenvalue weighted by Crippen LogP contribution is 2.48. The number of hydrogen-bond acceptors (Lipinski definition) is 5. The van der Waals surface area contributed by atoms with E-state index in [-0.39, 0.29) is 10.8 Å². The molecule has 6 heteroatoms. The first kappa shape index (κ1) is 31.2. The molecule has 0 saturated carbocycles. The minimum atomic E-state index is -0.0919. The number of para-hydroxylation sites is 2. The van der Waals surface area contributed by atoms with Gasteiger partial charge in [-0.1, -0.05) is 77.9 Å². The molecule has 8 aromatic rings. The zero-order valence-electron chi connectivity index (χ0n) is 30.3. The van der Waals surface area contributed by atoms with Crippen LogP contribution in [0.2, 0.25) is 0 Å². The molecule has 3 aromatic heterocycles. The largest absolute Gasteiger partial charge is 0.457 e. The van der Waals surface area contributed by atoms with Crippen LogP contribution in [0.5, 0.6) is 11.5 Å². The molecule has 4 heterocycles. The molecule has 6 nitrogen and oxygen atoms in total. The van der Waals surface area contributed by atoms with Crippen molar-refractivity contribution in [2.24, 2.45) is 0 Å². The van der Waals surface area contributed by atoms with Crippen molar-refractivity contribution in [3.05, 3.63) is 127 Å². The molecule has 0 aliphatic carbocycles. The SMILES string of the molecule is CN1CN(c2cc(Oc3ccc4c5ccccc5n(-c5cc(C(C)(C)C)ccn5)c4c3)cc(C(C)(C)C)c2)c2ccc3c(oc4ccccc43)c21. The molecule has 1 aliphatic heterocycles. The van der Waals surface area contributed by atoms with Gasteiger partial charge in [-0.05, 0) is 82.6 Å². The van der Waals surface area contributed by atoms with E-state index in [4.69, 9.17) is 14.1 Å². The fourth-order valence-electron chi connectivity index (χ4n) is 7.57. The first-order valence-corrected chi connectivity index (χ1v) is 17.7. The number of aromatic nitrogens is 2. The van der Waals surface area contributed by atoms with Crippen LogP contribution < -0.4 is 14.5 Å². The first-order valence-electron chi connectivity index (χ1n) is 17.7. The van der Waals surface area contributed by atoms with Crippen LogP contribution in [0, 0.1) is 0 Å². The maximum Gasteiger partial charge on any atom is 0.160 e. The van der Waals surface area contributed by atoms with Gasteiger partial charge in [0.05, 0.1) is 23.4 Å². The third-order valence-corrected chi connectivity index (χ3v) is 10.3. The van der Waals surface area contributed by atoms with Crippen molar-refractivity contribution in [3.63, 3.8) is 0 Å². The Morgan fingerprint density at radius 1 is 0.647 bits per heavy atom. The summed E-state index contributed by atoms with van der Waals surface area (Å²) in [6.45, 7) is 14.2. The van der Waals surface area contributed by atoms with Crippen LogP contribution in [-0.2, 0) is 10.8 Å². The molecule has 5 aromatic carbocycles. The summed E-state index contributed by atoms with van der Waals surface area (Å²) < 4.78 is 15.5. The van der Waals surface area contributed by atoms with Gasteiger partial charge in [0.1, 0.15) is 28.6 Å². The van der Waals surface area contributed by atoms with Gasteiger partial charge in [-0.3, -0.25) is 4.57 Å². The summed E-state index contributed by atoms with van der Waals surface area (Å²) in [4.78, 5) is 9.50. The molecule has 0 unspecified atom stereocenters. The fourth-order valence-corrected chi connectivity index (χ4v) is 7.57. The standard InChI is InChI=1S/C45H42N4O2/c1-44(2,3)28-20-21-46-41(24-28)49-37-14-10-8-12-33(37)34-17-16-31(26-39(34)49)50-32-23-29(45(4,5)6)22-30(25-32)48-27-47(7)42-38(48)19-18-36-35-13-9-11-15-40(35)51-43(36)42/h8-26H,27H2,1-7H3. The summed E-state index contributed by atoms with van der Waals surface area (Å²) in [6.07, 6.45) is 1.92. The molecule has 1 aliphatic rings. The molecule has 0 bridgehead atoms. The van der Waals surface area contributed by atoms with Gasteiger partial charge in [-0.25, -0.2) is 4.98 Å². The Morgan fingerprint density at radius 2 is 1.37 bits per heavy atom. The third kappa shape index (κ3) is 5.12. The van der Waals surface area contributed by atoms with Gasteiger partial charge in [0, 0.05) is 52.6 Å². The van der Waals surface area contributed by atoms with E-state index >= 15 is 0 Å². The van der Waals surface area contributed by atoms with Crippen LogP contribution in [0.15, 0.2) is 120 Å². The number of anilines is 3. The van der Waals surface area contributed by atoms with Crippen molar-refractivity contribution in [2.45, 2.75) is 52.4 Å². The average molecular weight is 671 g/mol. The van der Waals surface area contributed by atoms with Gasteiger partial charge in [-0.15, -0.1) is 0 Å². The maximum atomic E-state index is 6.82. The van der Waals surface area contributed by atoms with Crippen molar-refractivity contribution >= 4 is 60.8 Å². The summed E-state index contributed by atoms with van der Waals surface area (Å²) in [5.74, 6) is 2.48. The minimum Gasteiger partial charge on any atom is -0.457 e. The molecular weight excluding hydrogens is 629 g/mol. The van der Waals surface area contributed by atoms with E-state index < -0.39 is 0 Å². The highest BCUT2D eigenvalue weighted by Gasteiger charge is 2.30. The second-order valence-corrected chi connectivity index (χ2v) is 15.9. The summed E-state index contributed by atoms with van der Waals surface area (Å²) in [7, 11) is 2.14. The molecule has 0 radical (unpaired) electrons. The molecule has 0 atom stereocenters. The zero-order valence-corrected chi connectivity index (χ0v) is 30.3. The Bertz CT molecular complexity index is 2650. The summed E-state index contributed by atoms with van der Waals surface area (Å²) in [5, 5.41) is 4.63. The van der Waals surface area contributed by atoms with Crippen molar-refractivity contribution in [1.29, 1.82) is 0 Å². The molecule has 51 heavy (non-hydrogen) atoms. The highest BCUT2D eigenvalue weighted by atomic mass is 16.5. The molecular formula is C45H42N4O2. The number of benzene rings is 5. The van der Waals surface area contributed by atoms with E-state index in [1.807, 2.05) is 18.3 Å². The summed E-state index contributed by atoms with van der Waals surface area (Å²) in [5.41, 5.74) is 9.68. The Labute approximate surface area is 298 Å². The number of furan rings is 1. The maximum absolute atomic E-state index is 6.82. The average Bonchev–Trinajstić information content (AvgIpc) is 3.76. The lowest BCUT2D eigenvalue weighted by Gasteiger charge is -2.25. The van der Waals surface area contributed by atoms with Crippen molar-refractivity contribution in [3.8, 4) is 17.3 Å². The number of ether oxygens (including phenoxy) is 1. The number of nitrogens with zero attached hydrogens (tertiary/aromatic N) is 4. The van der Waals surface area contributed by atoms with E-state index in [0.717, 1.165) is 67.4 Å². The van der Waals surface area contributed by atoms with Gasteiger partial charge < -0.3 is 19.0 Å². The Hall–Kier alpha value is -5.75. The van der Waals surface area contributed by atoms with E-state index in [9.17, 15) is 0 Å². The van der Waals surface area contributed by atoms with Crippen LogP contribution in [-0.4, -0.2) is 23.3 Å². The van der Waals surface area contributed by atoms with Crippen LogP contribution in [0.25, 0.3) is 49.6 Å². The second-order valence-electron chi connectivity index (χ2n) is 15.9. The van der Waals surface area contributed by atoms with Crippen molar-refractivity contribution < 1.29 is 9.15 Å². The van der Waals surface area contributed by atoms with Gasteiger partial charge in [0.15, 0.2) is 5.58 Å². The number of fused-ring (bicyclic) bond motifs is 8. The van der Waals surface area contributed by atoms with E-state index in [0.29, 0.717) is 6.67 Å². The summed E-state index contributed by atoms with van der Waals surface area (Å²) >= 11 is 0. The lowest BCUT2D eigenvalue weighted by atomic mass is 9.86. The summed E-state index contributed by atoms with van der Waals surface area (Å²) in [6, 6.07) is 38.6. The van der Waals surface area contributed by atoms with E-state index in [2.05, 4.69) is 160 Å². The quantitative estimate of drug-likeness (QED) is 0.186. The van der Waals surface area contributed by atoms with E-state index in [1.54, 1.807) is 0 Å². The number of rotatable bonds is 4. The molecule has 0 fully saturated rings. The predicted molar refractivity (Wildman–Crippen MR) is 212 cm³/mol. The normalized spacial score (nSPS) is 13.6. The minimum absolute atomic E-state index is 0.00320. The van der Waals surface area contributed by atoms with Gasteiger partial charge in [-0.2, -0.15) is 0 Å². The monoisotopic (exact) mass is 670 g/mol. The van der Waals surface area contributed by atoms with Gasteiger partial charge in [0.25, 0.3) is 0 Å². The molecule has 0 saturated heterocycles. The number of hydrogen-bond donors (Lipinski definition) is 0. The molecule has 0 spiro atoms. The van der Waals surface area contributed by atoms with Crippen molar-refractivity contribution in [2.75, 3.05) is 23.5 Å². The van der Waals surface area contributed by atoms with Crippen LogP contribution in [0.3, 0.4) is 0 Å². The third-order valence-electron chi connectivity index (χ3n) is 10.3. The van der Waals surface area contributed by atoms with Crippen LogP contribution in [0.1, 0.15) is 52.7 Å². The fraction of sp³-hybridized carbons (Fsp3) is 0.222.